The number of amides is 1. The van der Waals surface area contributed by atoms with E-state index < -0.39 is 23.9 Å². The molecule has 0 aromatic carbocycles. The van der Waals surface area contributed by atoms with Gasteiger partial charge >= 0.3 is 5.97 Å². The molecular formula is C27H43NO7. The molecule has 2 N–H and O–H groups in total. The van der Waals surface area contributed by atoms with Gasteiger partial charge in [0.15, 0.2) is 0 Å². The van der Waals surface area contributed by atoms with Crippen LogP contribution >= 0.6 is 0 Å². The summed E-state index contributed by atoms with van der Waals surface area (Å²) in [5, 5.41) is 13.6. The maximum atomic E-state index is 12.3. The number of rotatable bonds is 9. The van der Waals surface area contributed by atoms with Crippen molar-refractivity contribution in [3.05, 3.63) is 36.0 Å². The topological polar surface area (TPSA) is 103 Å². The molecule has 0 aromatic rings. The molecular weight excluding hydrogens is 450 g/mol. The van der Waals surface area contributed by atoms with Crippen molar-refractivity contribution in [2.24, 2.45) is 5.92 Å². The number of carbonyl (C=O) groups excluding carboxylic acids is 2. The van der Waals surface area contributed by atoms with Crippen LogP contribution in [0.5, 0.6) is 0 Å². The molecule has 0 spiro atoms. The molecule has 8 nitrogen and oxygen atoms in total. The summed E-state index contributed by atoms with van der Waals surface area (Å²) in [6, 6.07) is -0.0903. The minimum atomic E-state index is -0.722. The minimum absolute atomic E-state index is 0.0503. The number of hydrogen-bond donors (Lipinski definition) is 2. The first kappa shape index (κ1) is 29.2. The molecule has 0 unspecified atom stereocenters. The molecule has 2 aliphatic heterocycles. The quantitative estimate of drug-likeness (QED) is 0.289. The van der Waals surface area contributed by atoms with Crippen molar-refractivity contribution in [2.75, 3.05) is 13.7 Å². The van der Waals surface area contributed by atoms with Crippen molar-refractivity contribution >= 4 is 11.9 Å². The number of ether oxygens (including phenoxy) is 4. The zero-order valence-electron chi connectivity index (χ0n) is 22.2. The lowest BCUT2D eigenvalue weighted by molar-refractivity contribution is -0.180. The average molecular weight is 494 g/mol. The van der Waals surface area contributed by atoms with E-state index in [0.29, 0.717) is 13.0 Å². The fourth-order valence-electron chi connectivity index (χ4n) is 4.45. The first-order chi connectivity index (χ1) is 16.4. The van der Waals surface area contributed by atoms with Crippen molar-refractivity contribution < 1.29 is 33.6 Å². The van der Waals surface area contributed by atoms with Crippen molar-refractivity contribution in [3.63, 3.8) is 0 Å². The molecule has 0 bridgehead atoms. The largest absolute Gasteiger partial charge is 0.459 e. The minimum Gasteiger partial charge on any atom is -0.459 e. The Morgan fingerprint density at radius 1 is 1.26 bits per heavy atom. The Morgan fingerprint density at radius 2 is 1.97 bits per heavy atom. The van der Waals surface area contributed by atoms with E-state index in [1.54, 1.807) is 20.1 Å². The second-order valence-electron chi connectivity index (χ2n) is 9.97. The summed E-state index contributed by atoms with van der Waals surface area (Å²) in [5.74, 6) is -0.349. The standard InChI is InChI=1S/C27H43NO7/c1-17(9-12-24-26(31)27(6,32-7)14-15-33-24)8-11-23-18(2)16-22(20(4)35-23)28-25(30)13-10-19(3)34-21(5)29/h8-10,12-13,18-20,22-24,26,31H,11,14-16H2,1-7H3,(H,28,30)/b12-9+,13-10-,17-8+/t18-,19-,20+,22+,23-,24+,26+,27-/m0/s1. The number of nitrogens with one attached hydrogen (secondary N) is 1. The number of aliphatic hydroxyl groups excluding tert-OH is 1. The fraction of sp³-hybridized carbons (Fsp3) is 0.704. The van der Waals surface area contributed by atoms with Crippen LogP contribution in [0.15, 0.2) is 36.0 Å². The lowest BCUT2D eigenvalue weighted by Crippen LogP contribution is -2.53. The number of hydrogen-bond acceptors (Lipinski definition) is 7. The van der Waals surface area contributed by atoms with Crippen LogP contribution in [0.3, 0.4) is 0 Å². The molecule has 0 aromatic heterocycles. The van der Waals surface area contributed by atoms with Crippen LogP contribution in [0.25, 0.3) is 0 Å². The Bertz CT molecular complexity index is 807. The molecule has 198 valence electrons. The van der Waals surface area contributed by atoms with Crippen LogP contribution in [0, 0.1) is 5.92 Å². The van der Waals surface area contributed by atoms with Crippen molar-refractivity contribution in [3.8, 4) is 0 Å². The molecule has 8 atom stereocenters. The fourth-order valence-corrected chi connectivity index (χ4v) is 4.45. The highest BCUT2D eigenvalue weighted by molar-refractivity contribution is 5.87. The number of methoxy groups -OCH3 is 1. The molecule has 35 heavy (non-hydrogen) atoms. The molecule has 2 aliphatic rings. The van der Waals surface area contributed by atoms with Crippen LogP contribution in [0.4, 0.5) is 0 Å². The molecule has 1 amide bonds. The van der Waals surface area contributed by atoms with E-state index in [0.717, 1.165) is 18.4 Å². The summed E-state index contributed by atoms with van der Waals surface area (Å²) in [7, 11) is 1.62. The van der Waals surface area contributed by atoms with Gasteiger partial charge in [-0.1, -0.05) is 30.7 Å². The number of allylic oxidation sites excluding steroid dienone is 2. The van der Waals surface area contributed by atoms with Crippen LogP contribution < -0.4 is 5.32 Å². The number of aliphatic hydroxyl groups is 1. The van der Waals surface area contributed by atoms with E-state index in [9.17, 15) is 14.7 Å². The third-order valence-corrected chi connectivity index (χ3v) is 6.95. The molecule has 0 radical (unpaired) electrons. The van der Waals surface area contributed by atoms with Gasteiger partial charge in [0, 0.05) is 26.5 Å². The van der Waals surface area contributed by atoms with E-state index in [1.165, 1.54) is 13.0 Å². The van der Waals surface area contributed by atoms with Crippen LogP contribution in [-0.4, -0.2) is 72.9 Å². The van der Waals surface area contributed by atoms with Crippen LogP contribution in [-0.2, 0) is 28.5 Å². The van der Waals surface area contributed by atoms with Crippen molar-refractivity contribution in [1.82, 2.24) is 5.32 Å². The molecule has 2 rings (SSSR count). The third-order valence-electron chi connectivity index (χ3n) is 6.95. The Kier molecular flexibility index (Phi) is 11.1. The summed E-state index contributed by atoms with van der Waals surface area (Å²) >= 11 is 0. The summed E-state index contributed by atoms with van der Waals surface area (Å²) < 4.78 is 22.5. The van der Waals surface area contributed by atoms with Crippen LogP contribution in [0.2, 0.25) is 0 Å². The van der Waals surface area contributed by atoms with E-state index in [4.69, 9.17) is 18.9 Å². The van der Waals surface area contributed by atoms with Gasteiger partial charge in [-0.2, -0.15) is 0 Å². The van der Waals surface area contributed by atoms with E-state index in [-0.39, 0.29) is 36.0 Å². The predicted octanol–water partition coefficient (Wildman–Crippen LogP) is 3.24. The maximum Gasteiger partial charge on any atom is 0.303 e. The molecule has 2 saturated heterocycles. The van der Waals surface area contributed by atoms with Gasteiger partial charge in [-0.05, 0) is 52.5 Å². The Balaban J connectivity index is 1.85. The Hall–Kier alpha value is -2.00. The molecule has 0 saturated carbocycles. The summed E-state index contributed by atoms with van der Waals surface area (Å²) in [6.07, 6.45) is 9.52. The second kappa shape index (κ2) is 13.3. The van der Waals surface area contributed by atoms with E-state index in [2.05, 4.69) is 18.3 Å². The van der Waals surface area contributed by atoms with Gasteiger partial charge in [0.25, 0.3) is 0 Å². The van der Waals surface area contributed by atoms with Gasteiger partial charge in [0.1, 0.15) is 18.3 Å². The first-order valence-electron chi connectivity index (χ1n) is 12.5. The highest BCUT2D eigenvalue weighted by Gasteiger charge is 2.41. The number of carbonyl (C=O) groups is 2. The lowest BCUT2D eigenvalue weighted by Gasteiger charge is -2.40. The summed E-state index contributed by atoms with van der Waals surface area (Å²) in [5.41, 5.74) is 0.464. The summed E-state index contributed by atoms with van der Waals surface area (Å²) in [4.78, 5) is 23.3. The Morgan fingerprint density at radius 3 is 2.63 bits per heavy atom. The van der Waals surface area contributed by atoms with Gasteiger partial charge in [-0.3, -0.25) is 9.59 Å². The zero-order valence-corrected chi connectivity index (χ0v) is 22.2. The van der Waals surface area contributed by atoms with E-state index in [1.807, 2.05) is 32.9 Å². The van der Waals surface area contributed by atoms with Crippen molar-refractivity contribution in [1.29, 1.82) is 0 Å². The average Bonchev–Trinajstić information content (AvgIpc) is 2.79. The molecule has 8 heteroatoms. The van der Waals surface area contributed by atoms with Gasteiger partial charge in [0.05, 0.1) is 30.5 Å². The normalized spacial score (nSPS) is 35.3. The predicted molar refractivity (Wildman–Crippen MR) is 134 cm³/mol. The van der Waals surface area contributed by atoms with Crippen molar-refractivity contribution in [2.45, 2.75) is 103 Å². The van der Waals surface area contributed by atoms with Crippen LogP contribution in [0.1, 0.15) is 60.8 Å². The van der Waals surface area contributed by atoms with Gasteiger partial charge in [-0.25, -0.2) is 0 Å². The third kappa shape index (κ3) is 8.86. The van der Waals surface area contributed by atoms with Gasteiger partial charge < -0.3 is 29.4 Å². The smallest absolute Gasteiger partial charge is 0.303 e. The zero-order chi connectivity index (χ0) is 26.2. The Labute approximate surface area is 209 Å². The molecule has 2 heterocycles. The van der Waals surface area contributed by atoms with Gasteiger partial charge in [-0.15, -0.1) is 0 Å². The molecule has 0 aliphatic carbocycles. The summed E-state index contributed by atoms with van der Waals surface area (Å²) in [6.45, 7) is 11.6. The highest BCUT2D eigenvalue weighted by atomic mass is 16.5. The second-order valence-corrected chi connectivity index (χ2v) is 9.97. The first-order valence-corrected chi connectivity index (χ1v) is 12.5. The number of esters is 1. The maximum absolute atomic E-state index is 12.3. The monoisotopic (exact) mass is 493 g/mol. The van der Waals surface area contributed by atoms with E-state index >= 15 is 0 Å². The SMILES string of the molecule is CO[C@@]1(C)CCO[C@H](/C=C/C(C)=C/C[C@@H]2O[C@H](C)[C@H](NC(=O)/C=C\[C@H](C)OC(C)=O)C[C@@H]2C)[C@H]1O. The highest BCUT2D eigenvalue weighted by Crippen LogP contribution is 2.30. The lowest BCUT2D eigenvalue weighted by atomic mass is 9.87. The van der Waals surface area contributed by atoms with Gasteiger partial charge in [0.2, 0.25) is 5.91 Å². The molecule has 2 fully saturated rings.